The minimum atomic E-state index is -4.52. The molecule has 0 aliphatic rings. The van der Waals surface area contributed by atoms with Crippen LogP contribution >= 0.6 is 0 Å². The van der Waals surface area contributed by atoms with Gasteiger partial charge in [0.05, 0.1) is 24.9 Å². The number of benzene rings is 2. The monoisotopic (exact) mass is 324 g/mol. The van der Waals surface area contributed by atoms with E-state index in [1.807, 2.05) is 0 Å². The molecule has 2 N–H and O–H groups in total. The third kappa shape index (κ3) is 4.64. The Balaban J connectivity index is 1.97. The van der Waals surface area contributed by atoms with E-state index in [9.17, 15) is 18.0 Å². The molecule has 0 spiro atoms. The first-order chi connectivity index (χ1) is 10.9. The van der Waals surface area contributed by atoms with Gasteiger partial charge in [0.15, 0.2) is 0 Å². The summed E-state index contributed by atoms with van der Waals surface area (Å²) >= 11 is 0. The molecule has 1 amide bonds. The lowest BCUT2D eigenvalue weighted by atomic mass is 10.1. The standard InChI is InChI=1S/C16H15F3N2O2/c1-23-12-8-6-11(7-9-12)20-10-15(22)21-14-5-3-2-4-13(14)16(17,18)19/h2-9,20H,10H2,1H3,(H,21,22). The molecule has 0 radical (unpaired) electrons. The fourth-order valence-electron chi connectivity index (χ4n) is 1.92. The Bertz CT molecular complexity index is 670. The normalized spacial score (nSPS) is 11.0. The Hall–Kier alpha value is -2.70. The second-order valence-electron chi connectivity index (χ2n) is 4.67. The van der Waals surface area contributed by atoms with Crippen LogP contribution in [0.1, 0.15) is 5.56 Å². The molecule has 0 unspecified atom stereocenters. The van der Waals surface area contributed by atoms with Crippen molar-refractivity contribution in [3.63, 3.8) is 0 Å². The minimum absolute atomic E-state index is 0.154. The quantitative estimate of drug-likeness (QED) is 0.880. The van der Waals surface area contributed by atoms with Gasteiger partial charge in [0.2, 0.25) is 5.91 Å². The molecule has 2 aromatic carbocycles. The van der Waals surface area contributed by atoms with E-state index in [1.165, 1.54) is 25.3 Å². The van der Waals surface area contributed by atoms with Gasteiger partial charge in [0.25, 0.3) is 0 Å². The van der Waals surface area contributed by atoms with Crippen LogP contribution in [0.15, 0.2) is 48.5 Å². The predicted octanol–water partition coefficient (Wildman–Crippen LogP) is 3.76. The van der Waals surface area contributed by atoms with Gasteiger partial charge in [-0.1, -0.05) is 12.1 Å². The van der Waals surface area contributed by atoms with E-state index in [4.69, 9.17) is 4.74 Å². The molecular formula is C16H15F3N2O2. The second kappa shape index (κ2) is 7.04. The number of anilines is 2. The van der Waals surface area contributed by atoms with Crippen molar-refractivity contribution in [2.45, 2.75) is 6.18 Å². The number of carbonyl (C=O) groups is 1. The lowest BCUT2D eigenvalue weighted by Crippen LogP contribution is -2.23. The summed E-state index contributed by atoms with van der Waals surface area (Å²) in [7, 11) is 1.54. The van der Waals surface area contributed by atoms with E-state index in [-0.39, 0.29) is 12.2 Å². The van der Waals surface area contributed by atoms with Crippen LogP contribution in [-0.2, 0) is 11.0 Å². The van der Waals surface area contributed by atoms with Crippen molar-refractivity contribution in [2.75, 3.05) is 24.3 Å². The second-order valence-corrected chi connectivity index (χ2v) is 4.67. The van der Waals surface area contributed by atoms with Crippen LogP contribution in [0.5, 0.6) is 5.75 Å². The number of rotatable bonds is 5. The first-order valence-corrected chi connectivity index (χ1v) is 6.74. The van der Waals surface area contributed by atoms with Gasteiger partial charge in [0, 0.05) is 5.69 Å². The van der Waals surface area contributed by atoms with Crippen LogP contribution in [-0.4, -0.2) is 19.6 Å². The molecule has 0 atom stereocenters. The van der Waals surface area contributed by atoms with Crippen molar-refractivity contribution in [3.05, 3.63) is 54.1 Å². The number of carbonyl (C=O) groups excluding carboxylic acids is 1. The van der Waals surface area contributed by atoms with Gasteiger partial charge in [0.1, 0.15) is 5.75 Å². The minimum Gasteiger partial charge on any atom is -0.497 e. The Labute approximate surface area is 131 Å². The first-order valence-electron chi connectivity index (χ1n) is 6.74. The molecule has 7 heteroatoms. The number of nitrogens with one attached hydrogen (secondary N) is 2. The van der Waals surface area contributed by atoms with E-state index in [0.717, 1.165) is 6.07 Å². The van der Waals surface area contributed by atoms with Crippen LogP contribution in [0.2, 0.25) is 0 Å². The molecule has 0 fully saturated rings. The van der Waals surface area contributed by atoms with Crippen molar-refractivity contribution in [1.82, 2.24) is 0 Å². The maximum absolute atomic E-state index is 12.8. The molecule has 0 bridgehead atoms. The first kappa shape index (κ1) is 16.7. The van der Waals surface area contributed by atoms with E-state index >= 15 is 0 Å². The maximum atomic E-state index is 12.8. The van der Waals surface area contributed by atoms with Crippen LogP contribution in [0.3, 0.4) is 0 Å². The Morgan fingerprint density at radius 2 is 1.74 bits per heavy atom. The highest BCUT2D eigenvalue weighted by Crippen LogP contribution is 2.34. The molecule has 2 aromatic rings. The maximum Gasteiger partial charge on any atom is 0.418 e. The van der Waals surface area contributed by atoms with Gasteiger partial charge in [-0.15, -0.1) is 0 Å². The number of alkyl halides is 3. The smallest absolute Gasteiger partial charge is 0.418 e. The number of hydrogen-bond donors (Lipinski definition) is 2. The fraction of sp³-hybridized carbons (Fsp3) is 0.188. The van der Waals surface area contributed by atoms with Crippen molar-refractivity contribution in [3.8, 4) is 5.75 Å². The van der Waals surface area contributed by atoms with E-state index in [0.29, 0.717) is 11.4 Å². The summed E-state index contributed by atoms with van der Waals surface area (Å²) in [6.07, 6.45) is -4.52. The Morgan fingerprint density at radius 1 is 1.09 bits per heavy atom. The van der Waals surface area contributed by atoms with Gasteiger partial charge >= 0.3 is 6.18 Å². The molecule has 4 nitrogen and oxygen atoms in total. The van der Waals surface area contributed by atoms with Crippen molar-refractivity contribution >= 4 is 17.3 Å². The number of para-hydroxylation sites is 1. The van der Waals surface area contributed by atoms with Crippen molar-refractivity contribution in [2.24, 2.45) is 0 Å². The summed E-state index contributed by atoms with van der Waals surface area (Å²) in [6.45, 7) is -0.154. The summed E-state index contributed by atoms with van der Waals surface area (Å²) < 4.78 is 43.5. The molecule has 0 aliphatic carbocycles. The van der Waals surface area contributed by atoms with Crippen LogP contribution in [0.4, 0.5) is 24.5 Å². The Morgan fingerprint density at radius 3 is 2.35 bits per heavy atom. The largest absolute Gasteiger partial charge is 0.497 e. The van der Waals surface area contributed by atoms with E-state index in [1.54, 1.807) is 24.3 Å². The van der Waals surface area contributed by atoms with Crippen LogP contribution in [0.25, 0.3) is 0 Å². The van der Waals surface area contributed by atoms with Gasteiger partial charge in [-0.2, -0.15) is 13.2 Å². The number of methoxy groups -OCH3 is 1. The average molecular weight is 324 g/mol. The molecule has 0 heterocycles. The third-order valence-electron chi connectivity index (χ3n) is 3.05. The van der Waals surface area contributed by atoms with Gasteiger partial charge < -0.3 is 15.4 Å². The lowest BCUT2D eigenvalue weighted by Gasteiger charge is -2.14. The fourth-order valence-corrected chi connectivity index (χ4v) is 1.92. The zero-order chi connectivity index (χ0) is 16.9. The number of ether oxygens (including phenoxy) is 1. The molecule has 23 heavy (non-hydrogen) atoms. The molecule has 0 saturated carbocycles. The predicted molar refractivity (Wildman–Crippen MR) is 81.6 cm³/mol. The average Bonchev–Trinajstić information content (AvgIpc) is 2.53. The zero-order valence-electron chi connectivity index (χ0n) is 12.3. The summed E-state index contributed by atoms with van der Waals surface area (Å²) in [4.78, 5) is 11.8. The van der Waals surface area contributed by atoms with E-state index < -0.39 is 17.6 Å². The highest BCUT2D eigenvalue weighted by atomic mass is 19.4. The summed E-state index contributed by atoms with van der Waals surface area (Å²) in [5, 5.41) is 5.09. The highest BCUT2D eigenvalue weighted by Gasteiger charge is 2.33. The van der Waals surface area contributed by atoms with Crippen LogP contribution in [0, 0.1) is 0 Å². The van der Waals surface area contributed by atoms with Gasteiger partial charge in [-0.3, -0.25) is 4.79 Å². The topological polar surface area (TPSA) is 50.4 Å². The molecular weight excluding hydrogens is 309 g/mol. The summed E-state index contributed by atoms with van der Waals surface area (Å²) in [5.41, 5.74) is -0.482. The third-order valence-corrected chi connectivity index (χ3v) is 3.05. The molecule has 2 rings (SSSR count). The molecule has 122 valence electrons. The number of hydrogen-bond acceptors (Lipinski definition) is 3. The van der Waals surface area contributed by atoms with E-state index in [2.05, 4.69) is 10.6 Å². The zero-order valence-corrected chi connectivity index (χ0v) is 12.3. The highest BCUT2D eigenvalue weighted by molar-refractivity contribution is 5.94. The molecule has 0 saturated heterocycles. The summed E-state index contributed by atoms with van der Waals surface area (Å²) in [5.74, 6) is 0.0941. The summed E-state index contributed by atoms with van der Waals surface area (Å²) in [6, 6.07) is 11.7. The van der Waals surface area contributed by atoms with Gasteiger partial charge in [-0.05, 0) is 36.4 Å². The Kier molecular flexibility index (Phi) is 5.10. The molecule has 0 aromatic heterocycles. The number of amides is 1. The lowest BCUT2D eigenvalue weighted by molar-refractivity contribution is -0.137. The van der Waals surface area contributed by atoms with Crippen molar-refractivity contribution < 1.29 is 22.7 Å². The SMILES string of the molecule is COc1ccc(NCC(=O)Nc2ccccc2C(F)(F)F)cc1. The van der Waals surface area contributed by atoms with Crippen molar-refractivity contribution in [1.29, 1.82) is 0 Å². The molecule has 0 aliphatic heterocycles. The van der Waals surface area contributed by atoms with Gasteiger partial charge in [-0.25, -0.2) is 0 Å². The number of halogens is 3. The van der Waals surface area contributed by atoms with Crippen LogP contribution < -0.4 is 15.4 Å².